The molecule has 0 bridgehead atoms. The van der Waals surface area contributed by atoms with Crippen LogP contribution in [0.4, 0.5) is 5.82 Å². The number of methoxy groups -OCH3 is 1. The number of amides is 1. The average Bonchev–Trinajstić information content (AvgIpc) is 3.08. The van der Waals surface area contributed by atoms with E-state index in [1.54, 1.807) is 19.3 Å². The number of rotatable bonds is 5. The molecule has 0 fully saturated rings. The second kappa shape index (κ2) is 8.14. The van der Waals surface area contributed by atoms with Gasteiger partial charge in [-0.3, -0.25) is 4.79 Å². The summed E-state index contributed by atoms with van der Waals surface area (Å²) in [5, 5.41) is 16.2. The van der Waals surface area contributed by atoms with Crippen molar-refractivity contribution in [2.24, 2.45) is 0 Å². The normalized spacial score (nSPS) is 10.6. The summed E-state index contributed by atoms with van der Waals surface area (Å²) < 4.78 is 6.60. The molecule has 0 spiro atoms. The Morgan fingerprint density at radius 2 is 1.96 bits per heavy atom. The Kier molecular flexibility index (Phi) is 5.46. The third-order valence-corrected chi connectivity index (χ3v) is 3.84. The number of hydrogen-bond donors (Lipinski definition) is 1. The first-order valence-electron chi connectivity index (χ1n) is 8.44. The summed E-state index contributed by atoms with van der Waals surface area (Å²) in [6, 6.07) is 11.2. The highest BCUT2D eigenvalue weighted by atomic mass is 16.5. The fourth-order valence-electron chi connectivity index (χ4n) is 2.63. The minimum atomic E-state index is -0.423. The number of benzene rings is 1. The van der Waals surface area contributed by atoms with Gasteiger partial charge in [-0.15, -0.1) is 0 Å². The van der Waals surface area contributed by atoms with Gasteiger partial charge in [0.15, 0.2) is 5.82 Å². The minimum Gasteiger partial charge on any atom is -0.496 e. The molecular weight excluding hydrogens is 356 g/mol. The van der Waals surface area contributed by atoms with Crippen LogP contribution >= 0.6 is 0 Å². The minimum absolute atomic E-state index is 0.210. The Balaban J connectivity index is 1.90. The number of nitriles is 1. The van der Waals surface area contributed by atoms with Gasteiger partial charge in [-0.25, -0.2) is 9.97 Å². The maximum atomic E-state index is 12.4. The van der Waals surface area contributed by atoms with Gasteiger partial charge in [-0.1, -0.05) is 18.2 Å². The quantitative estimate of drug-likeness (QED) is 0.689. The lowest BCUT2D eigenvalue weighted by Crippen LogP contribution is -2.15. The number of carbonyl (C=O) groups excluding carboxylic acids is 1. The van der Waals surface area contributed by atoms with Gasteiger partial charge in [0.25, 0.3) is 5.95 Å². The fourth-order valence-corrected chi connectivity index (χ4v) is 2.63. The molecule has 0 atom stereocenters. The van der Waals surface area contributed by atoms with Gasteiger partial charge in [-0.05, 0) is 32.1 Å². The molecule has 0 saturated heterocycles. The Labute approximate surface area is 162 Å². The maximum Gasteiger partial charge on any atom is 0.252 e. The first-order valence-corrected chi connectivity index (χ1v) is 8.44. The predicted molar refractivity (Wildman–Crippen MR) is 104 cm³/mol. The summed E-state index contributed by atoms with van der Waals surface area (Å²) in [5.41, 5.74) is 2.48. The molecule has 1 amide bonds. The lowest BCUT2D eigenvalue weighted by Gasteiger charge is -2.08. The SMILES string of the molecule is COc1ccccc1C=CC(=O)Nc1c(C#N)cnn1-c1nc(C)cc(C)n1. The molecule has 8 heteroatoms. The van der Waals surface area contributed by atoms with Crippen molar-refractivity contribution in [2.45, 2.75) is 13.8 Å². The molecule has 2 heterocycles. The summed E-state index contributed by atoms with van der Waals surface area (Å²) >= 11 is 0. The molecule has 0 saturated carbocycles. The fraction of sp³-hybridized carbons (Fsp3) is 0.150. The predicted octanol–water partition coefficient (Wildman–Crippen LogP) is 2.81. The van der Waals surface area contributed by atoms with Crippen LogP contribution in [0.5, 0.6) is 5.75 Å². The molecule has 3 rings (SSSR count). The molecular formula is C20H18N6O2. The molecule has 3 aromatic rings. The van der Waals surface area contributed by atoms with E-state index in [-0.39, 0.29) is 17.3 Å². The van der Waals surface area contributed by atoms with E-state index in [1.165, 1.54) is 17.0 Å². The molecule has 0 aliphatic rings. The highest BCUT2D eigenvalue weighted by molar-refractivity contribution is 6.02. The molecule has 28 heavy (non-hydrogen) atoms. The van der Waals surface area contributed by atoms with Crippen LogP contribution in [0.3, 0.4) is 0 Å². The van der Waals surface area contributed by atoms with Crippen LogP contribution in [0.1, 0.15) is 22.5 Å². The Morgan fingerprint density at radius 1 is 1.25 bits per heavy atom. The number of carbonyl (C=O) groups is 1. The average molecular weight is 374 g/mol. The maximum absolute atomic E-state index is 12.4. The number of para-hydroxylation sites is 1. The molecule has 0 unspecified atom stereocenters. The summed E-state index contributed by atoms with van der Waals surface area (Å²) in [6.07, 6.45) is 4.35. The van der Waals surface area contributed by atoms with Gasteiger partial charge in [-0.2, -0.15) is 15.0 Å². The van der Waals surface area contributed by atoms with Crippen molar-refractivity contribution >= 4 is 17.8 Å². The lowest BCUT2D eigenvalue weighted by molar-refractivity contribution is -0.111. The summed E-state index contributed by atoms with van der Waals surface area (Å²) in [6.45, 7) is 3.67. The van der Waals surface area contributed by atoms with Gasteiger partial charge in [0.05, 0.1) is 13.3 Å². The Bertz CT molecular complexity index is 1070. The van der Waals surface area contributed by atoms with Crippen molar-refractivity contribution in [3.05, 3.63) is 65.1 Å². The van der Waals surface area contributed by atoms with Crippen molar-refractivity contribution in [3.63, 3.8) is 0 Å². The van der Waals surface area contributed by atoms with E-state index < -0.39 is 5.91 Å². The Hall–Kier alpha value is -3.99. The number of aryl methyl sites for hydroxylation is 2. The Morgan fingerprint density at radius 3 is 2.64 bits per heavy atom. The van der Waals surface area contributed by atoms with E-state index in [4.69, 9.17) is 4.74 Å². The van der Waals surface area contributed by atoms with Crippen molar-refractivity contribution in [1.82, 2.24) is 19.7 Å². The third kappa shape index (κ3) is 4.04. The molecule has 1 aromatic carbocycles. The number of nitrogens with one attached hydrogen (secondary N) is 1. The number of anilines is 1. The van der Waals surface area contributed by atoms with Crippen LogP contribution in [0.25, 0.3) is 12.0 Å². The highest BCUT2D eigenvalue weighted by Gasteiger charge is 2.16. The van der Waals surface area contributed by atoms with E-state index in [2.05, 4.69) is 20.4 Å². The highest BCUT2D eigenvalue weighted by Crippen LogP contribution is 2.20. The van der Waals surface area contributed by atoms with E-state index >= 15 is 0 Å². The van der Waals surface area contributed by atoms with Crippen LogP contribution in [0, 0.1) is 25.2 Å². The molecule has 8 nitrogen and oxygen atoms in total. The summed E-state index contributed by atoms with van der Waals surface area (Å²) in [4.78, 5) is 21.1. The number of aromatic nitrogens is 4. The molecule has 140 valence electrons. The summed E-state index contributed by atoms with van der Waals surface area (Å²) in [5.74, 6) is 0.719. The van der Waals surface area contributed by atoms with E-state index in [0.29, 0.717) is 5.75 Å². The standard InChI is InChI=1S/C20H18N6O2/c1-13-10-14(2)24-20(23-13)26-19(16(11-21)12-22-26)25-18(27)9-8-15-6-4-5-7-17(15)28-3/h4-10,12H,1-3H3,(H,25,27). The van der Waals surface area contributed by atoms with Crippen LogP contribution in [0.15, 0.2) is 42.6 Å². The zero-order chi connectivity index (χ0) is 20.1. The number of hydrogen-bond acceptors (Lipinski definition) is 6. The van der Waals surface area contributed by atoms with Crippen molar-refractivity contribution in [2.75, 3.05) is 12.4 Å². The van der Waals surface area contributed by atoms with Crippen molar-refractivity contribution in [1.29, 1.82) is 5.26 Å². The first kappa shape index (κ1) is 18.8. The zero-order valence-corrected chi connectivity index (χ0v) is 15.7. The largest absolute Gasteiger partial charge is 0.496 e. The van der Waals surface area contributed by atoms with E-state index in [0.717, 1.165) is 17.0 Å². The van der Waals surface area contributed by atoms with Gasteiger partial charge in [0.2, 0.25) is 5.91 Å². The number of ether oxygens (including phenoxy) is 1. The van der Waals surface area contributed by atoms with Gasteiger partial charge < -0.3 is 10.1 Å². The summed E-state index contributed by atoms with van der Waals surface area (Å²) in [7, 11) is 1.56. The topological polar surface area (TPSA) is 106 Å². The van der Waals surface area contributed by atoms with Gasteiger partial charge >= 0.3 is 0 Å². The molecule has 0 radical (unpaired) electrons. The van der Waals surface area contributed by atoms with Crippen molar-refractivity contribution in [3.8, 4) is 17.8 Å². The van der Waals surface area contributed by atoms with E-state index in [9.17, 15) is 10.1 Å². The third-order valence-electron chi connectivity index (χ3n) is 3.84. The first-order chi connectivity index (χ1) is 13.5. The lowest BCUT2D eigenvalue weighted by atomic mass is 10.2. The van der Waals surface area contributed by atoms with Crippen LogP contribution in [-0.4, -0.2) is 32.8 Å². The van der Waals surface area contributed by atoms with Crippen molar-refractivity contribution < 1.29 is 9.53 Å². The van der Waals surface area contributed by atoms with Crippen LogP contribution < -0.4 is 10.1 Å². The number of nitrogens with zero attached hydrogens (tertiary/aromatic N) is 5. The second-order valence-corrected chi connectivity index (χ2v) is 5.95. The second-order valence-electron chi connectivity index (χ2n) is 5.95. The van der Waals surface area contributed by atoms with Crippen LogP contribution in [0.2, 0.25) is 0 Å². The smallest absolute Gasteiger partial charge is 0.252 e. The molecule has 1 N–H and O–H groups in total. The molecule has 0 aliphatic heterocycles. The van der Waals surface area contributed by atoms with Crippen LogP contribution in [-0.2, 0) is 4.79 Å². The monoisotopic (exact) mass is 374 g/mol. The molecule has 0 aliphatic carbocycles. The molecule has 2 aromatic heterocycles. The zero-order valence-electron chi connectivity index (χ0n) is 15.7. The van der Waals surface area contributed by atoms with E-state index in [1.807, 2.05) is 44.2 Å². The van der Waals surface area contributed by atoms with Gasteiger partial charge in [0.1, 0.15) is 17.4 Å². The van der Waals surface area contributed by atoms with Gasteiger partial charge in [0, 0.05) is 23.0 Å².